The molecule has 148 valence electrons. The van der Waals surface area contributed by atoms with E-state index in [1.165, 1.54) is 5.56 Å². The fourth-order valence-electron chi connectivity index (χ4n) is 2.69. The van der Waals surface area contributed by atoms with Crippen LogP contribution in [-0.4, -0.2) is 30.7 Å². The Morgan fingerprint density at radius 2 is 1.36 bits per heavy atom. The van der Waals surface area contributed by atoms with E-state index in [0.717, 1.165) is 0 Å². The molecule has 0 saturated heterocycles. The number of Topliss-reactive ketones (excluding diaryl/α,β-unsaturated/α-hetero) is 1. The van der Waals surface area contributed by atoms with Crippen LogP contribution in [0.2, 0.25) is 0 Å². The number of hydrogen-bond donors (Lipinski definition) is 2. The molecule has 0 atom stereocenters. The molecule has 0 fully saturated rings. The lowest BCUT2D eigenvalue weighted by molar-refractivity contribution is -0.121. The van der Waals surface area contributed by atoms with Gasteiger partial charge in [0.25, 0.3) is 5.91 Å². The van der Waals surface area contributed by atoms with Gasteiger partial charge in [0.15, 0.2) is 5.78 Å². The smallest absolute Gasteiger partial charge is 0.251 e. The summed E-state index contributed by atoms with van der Waals surface area (Å²) >= 11 is 0. The molecule has 2 N–H and O–H groups in total. The number of amides is 2. The van der Waals surface area contributed by atoms with Gasteiger partial charge in [0, 0.05) is 37.1 Å². The first kappa shape index (κ1) is 21.4. The quantitative estimate of drug-likeness (QED) is 0.544. The van der Waals surface area contributed by atoms with Gasteiger partial charge in [-0.2, -0.15) is 0 Å². The molecule has 0 radical (unpaired) electrons. The summed E-state index contributed by atoms with van der Waals surface area (Å²) < 4.78 is 0. The van der Waals surface area contributed by atoms with Gasteiger partial charge in [-0.25, -0.2) is 0 Å². The Hall–Kier alpha value is -2.95. The number of carbonyl (C=O) groups excluding carboxylic acids is 3. The van der Waals surface area contributed by atoms with Gasteiger partial charge < -0.3 is 10.6 Å². The summed E-state index contributed by atoms with van der Waals surface area (Å²) in [6.07, 6.45) is 0.295. The highest BCUT2D eigenvalue weighted by Gasteiger charge is 2.15. The molecule has 0 aromatic heterocycles. The van der Waals surface area contributed by atoms with Gasteiger partial charge in [0.2, 0.25) is 5.91 Å². The average molecular weight is 380 g/mol. The monoisotopic (exact) mass is 380 g/mol. The fourth-order valence-corrected chi connectivity index (χ4v) is 2.69. The maximum absolute atomic E-state index is 12.2. The van der Waals surface area contributed by atoms with Gasteiger partial charge in [-0.3, -0.25) is 14.4 Å². The summed E-state index contributed by atoms with van der Waals surface area (Å²) in [7, 11) is 0. The first-order valence-corrected chi connectivity index (χ1v) is 9.51. The molecule has 0 unspecified atom stereocenters. The second-order valence-electron chi connectivity index (χ2n) is 7.72. The SMILES string of the molecule is CC(C)(C)c1ccc(C(=O)CCC(=O)NCCNC(=O)c2ccccc2)cc1. The molecule has 5 nitrogen and oxygen atoms in total. The third-order valence-corrected chi connectivity index (χ3v) is 4.42. The molecule has 0 heterocycles. The highest BCUT2D eigenvalue weighted by Crippen LogP contribution is 2.22. The largest absolute Gasteiger partial charge is 0.354 e. The number of hydrogen-bond acceptors (Lipinski definition) is 3. The first-order valence-electron chi connectivity index (χ1n) is 9.51. The normalized spacial score (nSPS) is 11.0. The predicted octanol–water partition coefficient (Wildman–Crippen LogP) is 3.49. The molecule has 0 aliphatic rings. The Morgan fingerprint density at radius 1 is 0.750 bits per heavy atom. The van der Waals surface area contributed by atoms with Crippen molar-refractivity contribution in [1.82, 2.24) is 10.6 Å². The lowest BCUT2D eigenvalue weighted by Gasteiger charge is -2.18. The number of ketones is 1. The molecule has 28 heavy (non-hydrogen) atoms. The van der Waals surface area contributed by atoms with Crippen LogP contribution in [0.5, 0.6) is 0 Å². The molecule has 2 amide bonds. The molecule has 5 heteroatoms. The summed E-state index contributed by atoms with van der Waals surface area (Å²) in [5, 5.41) is 5.46. The van der Waals surface area contributed by atoms with Crippen LogP contribution in [0.4, 0.5) is 0 Å². The molecule has 0 bridgehead atoms. The summed E-state index contributed by atoms with van der Waals surface area (Å²) in [5.74, 6) is -0.426. The lowest BCUT2D eigenvalue weighted by Crippen LogP contribution is -2.34. The fraction of sp³-hybridized carbons (Fsp3) is 0.348. The number of benzene rings is 2. The van der Waals surface area contributed by atoms with E-state index < -0.39 is 0 Å². The van der Waals surface area contributed by atoms with Gasteiger partial charge in [-0.15, -0.1) is 0 Å². The summed E-state index contributed by atoms with van der Waals surface area (Å²) in [6.45, 7) is 7.02. The van der Waals surface area contributed by atoms with Crippen LogP contribution >= 0.6 is 0 Å². The Balaban J connectivity index is 1.68. The average Bonchev–Trinajstić information content (AvgIpc) is 2.69. The van der Waals surface area contributed by atoms with Crippen LogP contribution in [0.3, 0.4) is 0 Å². The number of carbonyl (C=O) groups is 3. The Kier molecular flexibility index (Phi) is 7.50. The third-order valence-electron chi connectivity index (χ3n) is 4.42. The summed E-state index contributed by atoms with van der Waals surface area (Å²) in [6, 6.07) is 16.5. The molecule has 2 aromatic carbocycles. The Labute approximate surface area is 166 Å². The molecule has 0 aliphatic carbocycles. The molecular formula is C23H28N2O3. The third kappa shape index (κ3) is 6.65. The molecule has 2 rings (SSSR count). The minimum absolute atomic E-state index is 0.0391. The van der Waals surface area contributed by atoms with Crippen molar-refractivity contribution in [3.63, 3.8) is 0 Å². The van der Waals surface area contributed by atoms with Crippen molar-refractivity contribution in [3.05, 3.63) is 71.3 Å². The highest BCUT2D eigenvalue weighted by atomic mass is 16.2. The van der Waals surface area contributed by atoms with Crippen LogP contribution in [0.25, 0.3) is 0 Å². The highest BCUT2D eigenvalue weighted by molar-refractivity contribution is 5.98. The van der Waals surface area contributed by atoms with Gasteiger partial charge >= 0.3 is 0 Å². The van der Waals surface area contributed by atoms with Crippen LogP contribution in [-0.2, 0) is 10.2 Å². The van der Waals surface area contributed by atoms with E-state index in [9.17, 15) is 14.4 Å². The van der Waals surface area contributed by atoms with Crippen molar-refractivity contribution < 1.29 is 14.4 Å². The molecule has 0 saturated carbocycles. The first-order chi connectivity index (χ1) is 13.3. The van der Waals surface area contributed by atoms with E-state index >= 15 is 0 Å². The van der Waals surface area contributed by atoms with Crippen molar-refractivity contribution in [2.75, 3.05) is 13.1 Å². The summed E-state index contributed by atoms with van der Waals surface area (Å²) in [5.41, 5.74) is 2.41. The second kappa shape index (κ2) is 9.83. The van der Waals surface area contributed by atoms with Gasteiger partial charge in [-0.05, 0) is 23.1 Å². The molecular weight excluding hydrogens is 352 g/mol. The summed E-state index contributed by atoms with van der Waals surface area (Å²) in [4.78, 5) is 36.0. The zero-order valence-corrected chi connectivity index (χ0v) is 16.7. The zero-order chi connectivity index (χ0) is 20.6. The van der Waals surface area contributed by atoms with Crippen LogP contribution < -0.4 is 10.6 Å². The number of rotatable bonds is 8. The van der Waals surface area contributed by atoms with Crippen LogP contribution in [0.1, 0.15) is 59.9 Å². The topological polar surface area (TPSA) is 75.3 Å². The minimum atomic E-state index is -0.200. The molecule has 0 spiro atoms. The van der Waals surface area contributed by atoms with Crippen molar-refractivity contribution in [2.24, 2.45) is 0 Å². The Bertz CT molecular complexity index is 806. The van der Waals surface area contributed by atoms with E-state index in [-0.39, 0.29) is 35.9 Å². The van der Waals surface area contributed by atoms with Gasteiger partial charge in [0.1, 0.15) is 0 Å². The van der Waals surface area contributed by atoms with Crippen LogP contribution in [0.15, 0.2) is 54.6 Å². The van der Waals surface area contributed by atoms with E-state index in [1.807, 2.05) is 30.3 Å². The second-order valence-corrected chi connectivity index (χ2v) is 7.72. The van der Waals surface area contributed by atoms with Crippen molar-refractivity contribution in [2.45, 2.75) is 39.0 Å². The number of nitrogens with one attached hydrogen (secondary N) is 2. The van der Waals surface area contributed by atoms with Crippen LogP contribution in [0, 0.1) is 0 Å². The Morgan fingerprint density at radius 3 is 1.96 bits per heavy atom. The van der Waals surface area contributed by atoms with Crippen molar-refractivity contribution in [3.8, 4) is 0 Å². The lowest BCUT2D eigenvalue weighted by atomic mass is 9.86. The van der Waals surface area contributed by atoms with E-state index in [4.69, 9.17) is 0 Å². The van der Waals surface area contributed by atoms with E-state index in [1.54, 1.807) is 24.3 Å². The minimum Gasteiger partial charge on any atom is -0.354 e. The van der Waals surface area contributed by atoms with Crippen molar-refractivity contribution in [1.29, 1.82) is 0 Å². The maximum atomic E-state index is 12.2. The van der Waals surface area contributed by atoms with Crippen molar-refractivity contribution >= 4 is 17.6 Å². The van der Waals surface area contributed by atoms with Gasteiger partial charge in [0.05, 0.1) is 0 Å². The predicted molar refractivity (Wildman–Crippen MR) is 110 cm³/mol. The van der Waals surface area contributed by atoms with E-state index in [0.29, 0.717) is 24.2 Å². The maximum Gasteiger partial charge on any atom is 0.251 e. The molecule has 0 aliphatic heterocycles. The van der Waals surface area contributed by atoms with Gasteiger partial charge in [-0.1, -0.05) is 63.2 Å². The standard InChI is InChI=1S/C23H28N2O3/c1-23(2,3)19-11-9-17(10-12-19)20(26)13-14-21(27)24-15-16-25-22(28)18-7-5-4-6-8-18/h4-12H,13-16H2,1-3H3,(H,24,27)(H,25,28). The molecule has 2 aromatic rings. The van der Waals surface area contributed by atoms with E-state index in [2.05, 4.69) is 31.4 Å². The zero-order valence-electron chi connectivity index (χ0n) is 16.7.